The van der Waals surface area contributed by atoms with Crippen molar-refractivity contribution < 1.29 is 4.79 Å². The second kappa shape index (κ2) is 6.96. The van der Waals surface area contributed by atoms with Crippen LogP contribution in [-0.2, 0) is 4.79 Å². The topological polar surface area (TPSA) is 74.8 Å². The van der Waals surface area contributed by atoms with E-state index in [1.807, 2.05) is 30.3 Å². The number of fused-ring (bicyclic) bond motifs is 2. The molecule has 2 aliphatic rings. The highest BCUT2D eigenvalue weighted by Gasteiger charge is 2.42. The Kier molecular flexibility index (Phi) is 4.51. The second-order valence-corrected chi connectivity index (χ2v) is 7.40. The zero-order chi connectivity index (χ0) is 18.1. The number of H-pyrrole nitrogens is 1. The van der Waals surface area contributed by atoms with Gasteiger partial charge in [-0.05, 0) is 12.0 Å². The van der Waals surface area contributed by atoms with Gasteiger partial charge in [-0.1, -0.05) is 54.2 Å². The molecule has 0 unspecified atom stereocenters. The maximum Gasteiger partial charge on any atom is 0.257 e. The third-order valence-electron chi connectivity index (χ3n) is 4.77. The molecule has 0 fully saturated rings. The summed E-state index contributed by atoms with van der Waals surface area (Å²) in [5.74, 6) is 0.702. The van der Waals surface area contributed by atoms with Gasteiger partial charge in [0.05, 0.1) is 11.5 Å². The Morgan fingerprint density at radius 3 is 2.81 bits per heavy atom. The van der Waals surface area contributed by atoms with E-state index in [-0.39, 0.29) is 23.2 Å². The van der Waals surface area contributed by atoms with Crippen LogP contribution in [0.4, 0.5) is 5.82 Å². The van der Waals surface area contributed by atoms with Gasteiger partial charge in [-0.2, -0.15) is 0 Å². The van der Waals surface area contributed by atoms with Crippen LogP contribution in [0.25, 0.3) is 0 Å². The van der Waals surface area contributed by atoms with Gasteiger partial charge in [0, 0.05) is 23.8 Å². The molecule has 0 radical (unpaired) electrons. The normalized spacial score (nSPS) is 21.2. The van der Waals surface area contributed by atoms with Crippen molar-refractivity contribution in [1.29, 1.82) is 0 Å². The number of rotatable bonds is 4. The molecule has 4 rings (SSSR count). The Labute approximate surface area is 155 Å². The molecule has 0 spiro atoms. The standard InChI is InChI=1S/C20H19N3O2S/c1-2-11-26-20-22-18-17(19(25)23-20)15(12-7-4-3-5-8-12)16-13(21-18)9-6-10-14(16)24/h2-5,7-9,15-16H,1,6,10-11H2,(H2,21,22,23,25)/t15-,16-/m0/s1. The number of aromatic nitrogens is 2. The fourth-order valence-electron chi connectivity index (χ4n) is 3.69. The maximum atomic E-state index is 12.9. The Bertz CT molecular complexity index is 949. The number of thioether (sulfide) groups is 1. The van der Waals surface area contributed by atoms with Crippen LogP contribution in [0.5, 0.6) is 0 Å². The molecule has 1 aromatic heterocycles. The van der Waals surface area contributed by atoms with E-state index in [4.69, 9.17) is 0 Å². The number of hydrogen-bond donors (Lipinski definition) is 2. The minimum absolute atomic E-state index is 0.166. The molecule has 132 valence electrons. The predicted molar refractivity (Wildman–Crippen MR) is 104 cm³/mol. The summed E-state index contributed by atoms with van der Waals surface area (Å²) >= 11 is 1.42. The summed E-state index contributed by atoms with van der Waals surface area (Å²) < 4.78 is 0. The Morgan fingerprint density at radius 2 is 2.04 bits per heavy atom. The molecule has 0 amide bonds. The number of carbonyl (C=O) groups excluding carboxylic acids is 1. The van der Waals surface area contributed by atoms with E-state index in [0.29, 0.717) is 28.7 Å². The molecule has 0 bridgehead atoms. The van der Waals surface area contributed by atoms with E-state index in [0.717, 1.165) is 17.7 Å². The molecule has 1 aliphatic carbocycles. The van der Waals surface area contributed by atoms with Crippen molar-refractivity contribution in [3.05, 3.63) is 76.2 Å². The lowest BCUT2D eigenvalue weighted by Gasteiger charge is -2.36. The summed E-state index contributed by atoms with van der Waals surface area (Å²) in [6, 6.07) is 9.74. The largest absolute Gasteiger partial charge is 0.343 e. The van der Waals surface area contributed by atoms with Crippen LogP contribution in [-0.4, -0.2) is 21.5 Å². The molecule has 6 heteroatoms. The second-order valence-electron chi connectivity index (χ2n) is 6.39. The smallest absolute Gasteiger partial charge is 0.257 e. The van der Waals surface area contributed by atoms with E-state index < -0.39 is 0 Å². The number of ketones is 1. The summed E-state index contributed by atoms with van der Waals surface area (Å²) in [5.41, 5.74) is 2.16. The SMILES string of the molecule is C=CCSc1nc2c(c(=O)[nH]1)[C@@H](c1ccccc1)[C@@H]1C(=O)CCC=C1N2. The fourth-order valence-corrected chi connectivity index (χ4v) is 4.29. The van der Waals surface area contributed by atoms with Gasteiger partial charge in [0.15, 0.2) is 5.16 Å². The lowest BCUT2D eigenvalue weighted by Crippen LogP contribution is -2.38. The molecule has 5 nitrogen and oxygen atoms in total. The number of anilines is 1. The first kappa shape index (κ1) is 16.8. The van der Waals surface area contributed by atoms with Gasteiger partial charge < -0.3 is 10.3 Å². The monoisotopic (exact) mass is 365 g/mol. The molecule has 26 heavy (non-hydrogen) atoms. The van der Waals surface area contributed by atoms with Crippen LogP contribution in [0.3, 0.4) is 0 Å². The van der Waals surface area contributed by atoms with Crippen LogP contribution in [0.2, 0.25) is 0 Å². The van der Waals surface area contributed by atoms with Crippen molar-refractivity contribution >= 4 is 23.4 Å². The first-order valence-corrected chi connectivity index (χ1v) is 9.60. The van der Waals surface area contributed by atoms with E-state index >= 15 is 0 Å². The minimum atomic E-state index is -0.353. The number of benzene rings is 1. The van der Waals surface area contributed by atoms with Crippen molar-refractivity contribution in [2.24, 2.45) is 5.92 Å². The summed E-state index contributed by atoms with van der Waals surface area (Å²) in [6.07, 6.45) is 5.05. The Balaban J connectivity index is 1.90. The lowest BCUT2D eigenvalue weighted by atomic mass is 9.72. The molecule has 2 atom stereocenters. The number of carbonyl (C=O) groups is 1. The molecule has 2 N–H and O–H groups in total. The first-order valence-electron chi connectivity index (χ1n) is 8.61. The molecular formula is C20H19N3O2S. The molecule has 2 aromatic rings. The fraction of sp³-hybridized carbons (Fsp3) is 0.250. The van der Waals surface area contributed by atoms with Crippen LogP contribution in [0, 0.1) is 5.92 Å². The highest BCUT2D eigenvalue weighted by Crippen LogP contribution is 2.44. The zero-order valence-corrected chi connectivity index (χ0v) is 15.0. The predicted octanol–water partition coefficient (Wildman–Crippen LogP) is 3.47. The van der Waals surface area contributed by atoms with Crippen LogP contribution >= 0.6 is 11.8 Å². The van der Waals surface area contributed by atoms with Crippen LogP contribution in [0.1, 0.15) is 29.9 Å². The van der Waals surface area contributed by atoms with Crippen molar-refractivity contribution in [2.45, 2.75) is 23.9 Å². The van der Waals surface area contributed by atoms with Gasteiger partial charge in [0.2, 0.25) is 0 Å². The average molecular weight is 365 g/mol. The molecule has 0 saturated heterocycles. The first-order chi connectivity index (χ1) is 12.7. The molecular weight excluding hydrogens is 346 g/mol. The summed E-state index contributed by atoms with van der Waals surface area (Å²) in [5, 5.41) is 3.81. The lowest BCUT2D eigenvalue weighted by molar-refractivity contribution is -0.122. The van der Waals surface area contributed by atoms with Crippen molar-refractivity contribution in [3.8, 4) is 0 Å². The van der Waals surface area contributed by atoms with Gasteiger partial charge in [-0.15, -0.1) is 6.58 Å². The van der Waals surface area contributed by atoms with Gasteiger partial charge in [0.1, 0.15) is 11.6 Å². The molecule has 1 aliphatic heterocycles. The molecule has 1 aromatic carbocycles. The summed E-state index contributed by atoms with van der Waals surface area (Å²) in [4.78, 5) is 33.1. The van der Waals surface area contributed by atoms with Gasteiger partial charge in [-0.25, -0.2) is 4.98 Å². The Hall–Kier alpha value is -2.60. The number of Topliss-reactive ketones (excluding diaryl/α,β-unsaturated/α-hetero) is 1. The summed E-state index contributed by atoms with van der Waals surface area (Å²) in [6.45, 7) is 3.70. The third-order valence-corrected chi connectivity index (χ3v) is 5.64. The van der Waals surface area contributed by atoms with E-state index in [9.17, 15) is 9.59 Å². The molecule has 2 heterocycles. The third kappa shape index (κ3) is 2.90. The Morgan fingerprint density at radius 1 is 1.23 bits per heavy atom. The maximum absolute atomic E-state index is 12.9. The number of hydrogen-bond acceptors (Lipinski definition) is 5. The number of allylic oxidation sites excluding steroid dienone is 2. The molecule has 0 saturated carbocycles. The van der Waals surface area contributed by atoms with Gasteiger partial charge >= 0.3 is 0 Å². The van der Waals surface area contributed by atoms with Crippen molar-refractivity contribution in [3.63, 3.8) is 0 Å². The van der Waals surface area contributed by atoms with Gasteiger partial charge in [0.25, 0.3) is 5.56 Å². The minimum Gasteiger partial charge on any atom is -0.343 e. The quantitative estimate of drug-likeness (QED) is 0.493. The zero-order valence-electron chi connectivity index (χ0n) is 14.2. The van der Waals surface area contributed by atoms with Crippen LogP contribution < -0.4 is 10.9 Å². The van der Waals surface area contributed by atoms with Crippen LogP contribution in [0.15, 0.2) is 64.7 Å². The number of aromatic amines is 1. The number of nitrogens with one attached hydrogen (secondary N) is 2. The van der Waals surface area contributed by atoms with Crippen molar-refractivity contribution in [2.75, 3.05) is 11.1 Å². The highest BCUT2D eigenvalue weighted by atomic mass is 32.2. The van der Waals surface area contributed by atoms with Crippen molar-refractivity contribution in [1.82, 2.24) is 9.97 Å². The summed E-state index contributed by atoms with van der Waals surface area (Å²) in [7, 11) is 0. The van der Waals surface area contributed by atoms with E-state index in [2.05, 4.69) is 27.9 Å². The van der Waals surface area contributed by atoms with E-state index in [1.54, 1.807) is 6.08 Å². The van der Waals surface area contributed by atoms with Gasteiger partial charge in [-0.3, -0.25) is 9.59 Å². The van der Waals surface area contributed by atoms with E-state index in [1.165, 1.54) is 11.8 Å². The average Bonchev–Trinajstić information content (AvgIpc) is 2.65. The number of nitrogens with zero attached hydrogens (tertiary/aromatic N) is 1. The highest BCUT2D eigenvalue weighted by molar-refractivity contribution is 7.99.